The van der Waals surface area contributed by atoms with Crippen LogP contribution in [0, 0.1) is 6.92 Å². The van der Waals surface area contributed by atoms with Crippen molar-refractivity contribution in [2.45, 2.75) is 30.7 Å². The predicted octanol–water partition coefficient (Wildman–Crippen LogP) is 3.48. The van der Waals surface area contributed by atoms with Gasteiger partial charge in [0.15, 0.2) is 5.65 Å². The first-order chi connectivity index (χ1) is 18.7. The van der Waals surface area contributed by atoms with Crippen molar-refractivity contribution >= 4 is 45.9 Å². The quantitative estimate of drug-likeness (QED) is 0.326. The maximum atomic E-state index is 13.1. The third-order valence-corrected chi connectivity index (χ3v) is 7.47. The topological polar surface area (TPSA) is 138 Å². The van der Waals surface area contributed by atoms with E-state index in [-0.39, 0.29) is 5.41 Å². The lowest BCUT2D eigenvalue weighted by Crippen LogP contribution is -2.44. The van der Waals surface area contributed by atoms with E-state index >= 15 is 0 Å². The van der Waals surface area contributed by atoms with Crippen LogP contribution in [0.5, 0.6) is 0 Å². The van der Waals surface area contributed by atoms with Crippen LogP contribution < -0.4 is 16.4 Å². The summed E-state index contributed by atoms with van der Waals surface area (Å²) in [6.07, 6.45) is 6.95. The Hall–Kier alpha value is -4.22. The van der Waals surface area contributed by atoms with Gasteiger partial charge in [0.25, 0.3) is 0 Å². The average molecular weight is 546 g/mol. The molecular formula is C27H28ClN9O2. The summed E-state index contributed by atoms with van der Waals surface area (Å²) >= 11 is 6.71. The average Bonchev–Trinajstić information content (AvgIpc) is 3.46. The number of alkyl halides is 1. The fourth-order valence-electron chi connectivity index (χ4n) is 4.75. The number of nitrogens with zero attached hydrogens (tertiary/aromatic N) is 6. The number of allylic oxidation sites excluding steroid dienone is 2. The van der Waals surface area contributed by atoms with E-state index in [1.807, 2.05) is 55.5 Å². The van der Waals surface area contributed by atoms with E-state index in [9.17, 15) is 4.79 Å². The second kappa shape index (κ2) is 9.51. The number of aryl methyl sites for hydroxylation is 2. The van der Waals surface area contributed by atoms with Gasteiger partial charge in [-0.05, 0) is 26.0 Å². The molecule has 1 saturated heterocycles. The van der Waals surface area contributed by atoms with E-state index in [1.165, 1.54) is 6.33 Å². The van der Waals surface area contributed by atoms with E-state index in [2.05, 4.69) is 32.6 Å². The van der Waals surface area contributed by atoms with Gasteiger partial charge in [0.1, 0.15) is 23.7 Å². The van der Waals surface area contributed by atoms with Crippen molar-refractivity contribution in [3.8, 4) is 5.69 Å². The van der Waals surface area contributed by atoms with Crippen molar-refractivity contribution in [3.05, 3.63) is 71.8 Å². The van der Waals surface area contributed by atoms with Gasteiger partial charge in [-0.15, -0.1) is 11.6 Å². The summed E-state index contributed by atoms with van der Waals surface area (Å²) in [5.74, 6) is 0.895. The van der Waals surface area contributed by atoms with E-state index in [0.29, 0.717) is 41.6 Å². The first-order valence-electron chi connectivity index (χ1n) is 12.5. The van der Waals surface area contributed by atoms with Crippen molar-refractivity contribution < 1.29 is 9.53 Å². The molecule has 4 heterocycles. The molecule has 39 heavy (non-hydrogen) atoms. The molecule has 4 aromatic rings. The van der Waals surface area contributed by atoms with Gasteiger partial charge in [0, 0.05) is 18.7 Å². The van der Waals surface area contributed by atoms with Gasteiger partial charge in [-0.2, -0.15) is 10.2 Å². The number of halogens is 1. The standard InChI is InChI=1S/C27H28ClN9O2/c1-15-4-7-17(8-5-15)37-21(11-20(34-37)27(2)12-39-13-27)33-26(38)32-19-9-6-16(10-18(19)28)23-22-24(29)30-14-31-25(22)36(3)35-23/h4-11,14,18-19H,12-13H2,1-3H3,(H2,29,30,31)(H2,32,33,38). The minimum Gasteiger partial charge on any atom is -0.383 e. The number of ether oxygens (including phenoxy) is 1. The lowest BCUT2D eigenvalue weighted by Gasteiger charge is -2.36. The molecule has 2 amide bonds. The highest BCUT2D eigenvalue weighted by Gasteiger charge is 2.38. The van der Waals surface area contributed by atoms with Crippen LogP contribution in [-0.2, 0) is 17.2 Å². The van der Waals surface area contributed by atoms with Gasteiger partial charge >= 0.3 is 6.03 Å². The molecule has 2 atom stereocenters. The zero-order valence-corrected chi connectivity index (χ0v) is 22.5. The van der Waals surface area contributed by atoms with E-state index < -0.39 is 17.5 Å². The molecule has 200 valence electrons. The molecule has 1 aliphatic heterocycles. The number of rotatable bonds is 5. The third kappa shape index (κ3) is 4.53. The molecule has 12 heteroatoms. The molecule has 0 spiro atoms. The first-order valence-corrected chi connectivity index (χ1v) is 13.0. The SMILES string of the molecule is Cc1ccc(-n2nc(C3(C)COC3)cc2NC(=O)NC2C=CC(c3nn(C)c4ncnc(N)c34)=CC2Cl)cc1. The molecule has 2 unspecified atom stereocenters. The van der Waals surface area contributed by atoms with Crippen molar-refractivity contribution in [3.63, 3.8) is 0 Å². The number of nitrogens with two attached hydrogens (primary N) is 1. The number of carbonyl (C=O) groups is 1. The normalized spacial score (nSPS) is 19.9. The lowest BCUT2D eigenvalue weighted by molar-refractivity contribution is -0.0522. The molecule has 1 aromatic carbocycles. The highest BCUT2D eigenvalue weighted by Crippen LogP contribution is 2.34. The molecule has 1 fully saturated rings. The maximum Gasteiger partial charge on any atom is 0.320 e. The highest BCUT2D eigenvalue weighted by atomic mass is 35.5. The second-order valence-corrected chi connectivity index (χ2v) is 10.7. The lowest BCUT2D eigenvalue weighted by atomic mass is 9.85. The monoisotopic (exact) mass is 545 g/mol. The number of amides is 2. The number of nitrogens with one attached hydrogen (secondary N) is 2. The number of nitrogen functional groups attached to an aromatic ring is 1. The maximum absolute atomic E-state index is 13.1. The number of aromatic nitrogens is 6. The number of benzene rings is 1. The molecule has 0 radical (unpaired) electrons. The van der Waals surface area contributed by atoms with Crippen LogP contribution in [0.15, 0.2) is 54.9 Å². The summed E-state index contributed by atoms with van der Waals surface area (Å²) in [6, 6.07) is 9.00. The summed E-state index contributed by atoms with van der Waals surface area (Å²) in [5, 5.41) is 15.4. The van der Waals surface area contributed by atoms with Crippen LogP contribution in [0.25, 0.3) is 22.3 Å². The van der Waals surface area contributed by atoms with Gasteiger partial charge in [0.2, 0.25) is 0 Å². The molecule has 4 N–H and O–H groups in total. The molecule has 2 aliphatic rings. The Morgan fingerprint density at radius 1 is 1.21 bits per heavy atom. The smallest absolute Gasteiger partial charge is 0.320 e. The molecular weight excluding hydrogens is 518 g/mol. The second-order valence-electron chi connectivity index (χ2n) is 10.2. The van der Waals surface area contributed by atoms with Gasteiger partial charge < -0.3 is 15.8 Å². The molecule has 0 bridgehead atoms. The van der Waals surface area contributed by atoms with Crippen molar-refractivity contribution in [2.75, 3.05) is 24.3 Å². The number of carbonyl (C=O) groups excluding carboxylic acids is 1. The van der Waals surface area contributed by atoms with E-state index in [1.54, 1.807) is 16.4 Å². The molecule has 6 rings (SSSR count). The van der Waals surface area contributed by atoms with Crippen LogP contribution in [0.4, 0.5) is 16.4 Å². The third-order valence-electron chi connectivity index (χ3n) is 7.08. The van der Waals surface area contributed by atoms with Crippen LogP contribution >= 0.6 is 11.6 Å². The largest absolute Gasteiger partial charge is 0.383 e. The van der Waals surface area contributed by atoms with E-state index in [0.717, 1.165) is 22.5 Å². The number of hydrogen-bond donors (Lipinski definition) is 3. The van der Waals surface area contributed by atoms with Gasteiger partial charge in [-0.25, -0.2) is 24.1 Å². The summed E-state index contributed by atoms with van der Waals surface area (Å²) < 4.78 is 8.82. The minimum absolute atomic E-state index is 0.193. The van der Waals surface area contributed by atoms with Crippen molar-refractivity contribution in [1.29, 1.82) is 0 Å². The number of anilines is 2. The summed E-state index contributed by atoms with van der Waals surface area (Å²) in [5.41, 5.74) is 10.8. The number of hydrogen-bond acceptors (Lipinski definition) is 7. The predicted molar refractivity (Wildman–Crippen MR) is 150 cm³/mol. The van der Waals surface area contributed by atoms with Gasteiger partial charge in [0.05, 0.1) is 46.8 Å². The fraction of sp³-hybridized carbons (Fsp3) is 0.296. The zero-order valence-electron chi connectivity index (χ0n) is 21.7. The summed E-state index contributed by atoms with van der Waals surface area (Å²) in [7, 11) is 1.79. The van der Waals surface area contributed by atoms with Crippen molar-refractivity contribution in [1.82, 2.24) is 34.8 Å². The Morgan fingerprint density at radius 3 is 2.67 bits per heavy atom. The first kappa shape index (κ1) is 25.1. The van der Waals surface area contributed by atoms with Crippen LogP contribution in [0.1, 0.15) is 23.9 Å². The summed E-state index contributed by atoms with van der Waals surface area (Å²) in [6.45, 7) is 5.29. The Bertz CT molecular complexity index is 1630. The zero-order chi connectivity index (χ0) is 27.3. The van der Waals surface area contributed by atoms with Crippen LogP contribution in [0.3, 0.4) is 0 Å². The fourth-order valence-corrected chi connectivity index (χ4v) is 5.03. The van der Waals surface area contributed by atoms with Gasteiger partial charge in [-0.1, -0.05) is 35.9 Å². The van der Waals surface area contributed by atoms with Crippen LogP contribution in [-0.4, -0.2) is 60.2 Å². The Labute approximate surface area is 229 Å². The Morgan fingerprint density at radius 2 is 1.97 bits per heavy atom. The molecule has 1 aliphatic carbocycles. The molecule has 3 aromatic heterocycles. The minimum atomic E-state index is -0.526. The summed E-state index contributed by atoms with van der Waals surface area (Å²) in [4.78, 5) is 21.5. The van der Waals surface area contributed by atoms with E-state index in [4.69, 9.17) is 27.2 Å². The van der Waals surface area contributed by atoms with Gasteiger partial charge in [-0.3, -0.25) is 5.32 Å². The highest BCUT2D eigenvalue weighted by molar-refractivity contribution is 6.23. The number of urea groups is 1. The molecule has 11 nitrogen and oxygen atoms in total. The molecule has 0 saturated carbocycles. The van der Waals surface area contributed by atoms with Crippen molar-refractivity contribution in [2.24, 2.45) is 7.05 Å². The number of fused-ring (bicyclic) bond motifs is 1. The Balaban J connectivity index is 1.21. The Kier molecular flexibility index (Phi) is 6.12. The van der Waals surface area contributed by atoms with Crippen LogP contribution in [0.2, 0.25) is 0 Å².